The van der Waals surface area contributed by atoms with Gasteiger partial charge in [0.25, 0.3) is 0 Å². The molecule has 2 saturated carbocycles. The fourth-order valence-corrected chi connectivity index (χ4v) is 3.84. The van der Waals surface area contributed by atoms with Crippen molar-refractivity contribution in [3.63, 3.8) is 0 Å². The summed E-state index contributed by atoms with van der Waals surface area (Å²) in [7, 11) is 0. The Labute approximate surface area is 126 Å². The zero-order valence-corrected chi connectivity index (χ0v) is 13.0. The van der Waals surface area contributed by atoms with Crippen molar-refractivity contribution in [2.75, 3.05) is 6.61 Å². The van der Waals surface area contributed by atoms with E-state index in [0.29, 0.717) is 12.5 Å². The van der Waals surface area contributed by atoms with Crippen LogP contribution in [0, 0.1) is 0 Å². The highest BCUT2D eigenvalue weighted by atomic mass is 16.5. The second-order valence-corrected chi connectivity index (χ2v) is 6.57. The molecule has 3 rings (SSSR count). The number of aromatic nitrogens is 2. The van der Waals surface area contributed by atoms with E-state index in [4.69, 9.17) is 20.0 Å². The van der Waals surface area contributed by atoms with Gasteiger partial charge in [0, 0.05) is 18.6 Å². The second-order valence-electron chi connectivity index (χ2n) is 6.57. The minimum absolute atomic E-state index is 0.282. The molecule has 21 heavy (non-hydrogen) atoms. The number of rotatable bonds is 4. The van der Waals surface area contributed by atoms with Gasteiger partial charge in [0.15, 0.2) is 0 Å². The normalized spacial score (nSPS) is 29.4. The van der Waals surface area contributed by atoms with Gasteiger partial charge in [0.2, 0.25) is 11.7 Å². The molecule has 0 amide bonds. The molecule has 0 radical (unpaired) electrons. The Hall–Kier alpha value is -0.940. The highest BCUT2D eigenvalue weighted by Gasteiger charge is 2.39. The van der Waals surface area contributed by atoms with Gasteiger partial charge < -0.3 is 15.0 Å². The van der Waals surface area contributed by atoms with E-state index in [0.717, 1.165) is 43.8 Å². The van der Waals surface area contributed by atoms with E-state index in [1.165, 1.54) is 25.7 Å². The topological polar surface area (TPSA) is 74.2 Å². The van der Waals surface area contributed by atoms with Crippen LogP contribution in [0.2, 0.25) is 0 Å². The van der Waals surface area contributed by atoms with Crippen LogP contribution in [-0.2, 0) is 10.3 Å². The Morgan fingerprint density at radius 2 is 2.00 bits per heavy atom. The monoisotopic (exact) mass is 293 g/mol. The van der Waals surface area contributed by atoms with Crippen LogP contribution in [0.1, 0.15) is 82.3 Å². The van der Waals surface area contributed by atoms with Gasteiger partial charge in [0.05, 0.1) is 0 Å². The van der Waals surface area contributed by atoms with Crippen LogP contribution in [0.3, 0.4) is 0 Å². The molecule has 5 heteroatoms. The summed E-state index contributed by atoms with van der Waals surface area (Å²) in [4.78, 5) is 4.72. The molecule has 1 aromatic rings. The van der Waals surface area contributed by atoms with E-state index in [1.807, 2.05) is 6.92 Å². The molecule has 0 spiro atoms. The third-order valence-electron chi connectivity index (χ3n) is 5.00. The molecule has 118 valence electrons. The van der Waals surface area contributed by atoms with Crippen molar-refractivity contribution in [2.24, 2.45) is 5.73 Å². The van der Waals surface area contributed by atoms with Crippen LogP contribution in [0.25, 0.3) is 0 Å². The third-order valence-corrected chi connectivity index (χ3v) is 5.00. The molecular weight excluding hydrogens is 266 g/mol. The summed E-state index contributed by atoms with van der Waals surface area (Å²) < 4.78 is 11.7. The van der Waals surface area contributed by atoms with Gasteiger partial charge in [-0.15, -0.1) is 0 Å². The van der Waals surface area contributed by atoms with Crippen LogP contribution >= 0.6 is 0 Å². The van der Waals surface area contributed by atoms with E-state index in [1.54, 1.807) is 0 Å². The Morgan fingerprint density at radius 3 is 2.62 bits per heavy atom. The van der Waals surface area contributed by atoms with Crippen molar-refractivity contribution in [3.05, 3.63) is 11.7 Å². The minimum atomic E-state index is -0.326. The van der Waals surface area contributed by atoms with Crippen LogP contribution in [0.15, 0.2) is 4.52 Å². The van der Waals surface area contributed by atoms with E-state index in [-0.39, 0.29) is 11.6 Å². The lowest BCUT2D eigenvalue weighted by Crippen LogP contribution is -2.30. The Balaban J connectivity index is 1.81. The number of hydrogen-bond acceptors (Lipinski definition) is 5. The van der Waals surface area contributed by atoms with Gasteiger partial charge >= 0.3 is 0 Å². The fourth-order valence-electron chi connectivity index (χ4n) is 3.84. The Morgan fingerprint density at radius 1 is 1.24 bits per heavy atom. The fraction of sp³-hybridized carbons (Fsp3) is 0.875. The van der Waals surface area contributed by atoms with Gasteiger partial charge in [-0.3, -0.25) is 0 Å². The molecule has 0 saturated heterocycles. The molecule has 2 aliphatic carbocycles. The first-order chi connectivity index (χ1) is 10.2. The highest BCUT2D eigenvalue weighted by Crippen LogP contribution is 2.39. The number of hydrogen-bond donors (Lipinski definition) is 1. The van der Waals surface area contributed by atoms with Crippen molar-refractivity contribution in [3.8, 4) is 0 Å². The maximum absolute atomic E-state index is 6.12. The van der Waals surface area contributed by atoms with Gasteiger partial charge in [-0.25, -0.2) is 0 Å². The molecule has 2 fully saturated rings. The SMILES string of the molecule is CCOC1(c2noc([C@@H]3CC[C@H](N)C3)n2)CCCCCC1. The summed E-state index contributed by atoms with van der Waals surface area (Å²) in [6.45, 7) is 2.74. The van der Waals surface area contributed by atoms with Gasteiger partial charge in [-0.05, 0) is 39.0 Å². The van der Waals surface area contributed by atoms with E-state index in [9.17, 15) is 0 Å². The second kappa shape index (κ2) is 6.44. The van der Waals surface area contributed by atoms with E-state index >= 15 is 0 Å². The zero-order valence-electron chi connectivity index (χ0n) is 13.0. The van der Waals surface area contributed by atoms with Crippen LogP contribution in [0.4, 0.5) is 0 Å². The first-order valence-electron chi connectivity index (χ1n) is 8.47. The molecule has 5 nitrogen and oxygen atoms in total. The number of nitrogens with two attached hydrogens (primary N) is 1. The Bertz CT molecular complexity index is 452. The maximum Gasteiger partial charge on any atom is 0.229 e. The van der Waals surface area contributed by atoms with E-state index < -0.39 is 0 Å². The molecular formula is C16H27N3O2. The summed E-state index contributed by atoms with van der Waals surface area (Å²) >= 11 is 0. The molecule has 2 atom stereocenters. The maximum atomic E-state index is 6.12. The first kappa shape index (κ1) is 15.0. The molecule has 0 aliphatic heterocycles. The summed E-state index contributed by atoms with van der Waals surface area (Å²) in [6.07, 6.45) is 9.99. The summed E-state index contributed by atoms with van der Waals surface area (Å²) in [5.74, 6) is 1.87. The van der Waals surface area contributed by atoms with Crippen LogP contribution in [-0.4, -0.2) is 22.8 Å². The summed E-state index contributed by atoms with van der Waals surface area (Å²) in [6, 6.07) is 0.282. The van der Waals surface area contributed by atoms with Gasteiger partial charge in [-0.2, -0.15) is 4.98 Å². The minimum Gasteiger partial charge on any atom is -0.367 e. The highest BCUT2D eigenvalue weighted by molar-refractivity contribution is 5.06. The summed E-state index contributed by atoms with van der Waals surface area (Å²) in [5.41, 5.74) is 5.67. The largest absolute Gasteiger partial charge is 0.367 e. The standard InChI is InChI=1S/C16H27N3O2/c1-2-20-16(9-5-3-4-6-10-16)15-18-14(21-19-15)12-7-8-13(17)11-12/h12-13H,2-11,17H2,1H3/t12-,13+/m1/s1. The van der Waals surface area contributed by atoms with Gasteiger partial charge in [0.1, 0.15) is 5.60 Å². The number of nitrogens with zero attached hydrogens (tertiary/aromatic N) is 2. The van der Waals surface area contributed by atoms with Crippen molar-refractivity contribution >= 4 is 0 Å². The van der Waals surface area contributed by atoms with Crippen molar-refractivity contribution in [1.82, 2.24) is 10.1 Å². The molecule has 1 heterocycles. The molecule has 2 aliphatic rings. The quantitative estimate of drug-likeness (QED) is 0.862. The average molecular weight is 293 g/mol. The lowest BCUT2D eigenvalue weighted by atomic mass is 9.93. The lowest BCUT2D eigenvalue weighted by Gasteiger charge is -2.29. The van der Waals surface area contributed by atoms with E-state index in [2.05, 4.69) is 5.16 Å². The smallest absolute Gasteiger partial charge is 0.229 e. The Kier molecular flexibility index (Phi) is 4.60. The van der Waals surface area contributed by atoms with Crippen LogP contribution in [0.5, 0.6) is 0 Å². The predicted molar refractivity (Wildman–Crippen MR) is 79.9 cm³/mol. The first-order valence-corrected chi connectivity index (χ1v) is 8.47. The molecule has 0 unspecified atom stereocenters. The molecule has 2 N–H and O–H groups in total. The zero-order chi connectivity index (χ0) is 14.7. The molecule has 1 aromatic heterocycles. The summed E-state index contributed by atoms with van der Waals surface area (Å²) in [5, 5.41) is 4.29. The van der Waals surface area contributed by atoms with Crippen LogP contribution < -0.4 is 5.73 Å². The van der Waals surface area contributed by atoms with Crippen molar-refractivity contribution in [2.45, 2.75) is 82.3 Å². The predicted octanol–water partition coefficient (Wildman–Crippen LogP) is 3.25. The molecule has 0 aromatic carbocycles. The average Bonchev–Trinajstić information content (AvgIpc) is 3.06. The van der Waals surface area contributed by atoms with Gasteiger partial charge in [-0.1, -0.05) is 30.8 Å². The van der Waals surface area contributed by atoms with Crippen molar-refractivity contribution < 1.29 is 9.26 Å². The third kappa shape index (κ3) is 3.14. The molecule has 0 bridgehead atoms. The number of ether oxygens (including phenoxy) is 1. The lowest BCUT2D eigenvalue weighted by molar-refractivity contribution is -0.0636. The van der Waals surface area contributed by atoms with Crippen molar-refractivity contribution in [1.29, 1.82) is 0 Å².